The maximum absolute atomic E-state index is 13.0. The van der Waals surface area contributed by atoms with Crippen LogP contribution < -0.4 is 15.0 Å². The SMILES string of the molecule is CCOc1ccccc1NC(=O)N1CC[NH+](Cc2ccc(F)cc2)CC1. The van der Waals surface area contributed by atoms with Crippen molar-refractivity contribution in [3.05, 3.63) is 59.9 Å². The van der Waals surface area contributed by atoms with E-state index in [4.69, 9.17) is 4.74 Å². The zero-order valence-corrected chi connectivity index (χ0v) is 15.0. The zero-order chi connectivity index (χ0) is 18.4. The number of urea groups is 1. The Labute approximate surface area is 153 Å². The second kappa shape index (κ2) is 8.67. The Morgan fingerprint density at radius 2 is 1.85 bits per heavy atom. The second-order valence-corrected chi connectivity index (χ2v) is 6.40. The van der Waals surface area contributed by atoms with Gasteiger partial charge in [-0.15, -0.1) is 0 Å². The van der Waals surface area contributed by atoms with Crippen LogP contribution in [0.25, 0.3) is 0 Å². The molecule has 0 aliphatic carbocycles. The molecule has 2 amide bonds. The number of benzene rings is 2. The summed E-state index contributed by atoms with van der Waals surface area (Å²) in [5, 5.41) is 2.95. The maximum Gasteiger partial charge on any atom is 0.322 e. The normalized spacial score (nSPS) is 14.9. The number of carbonyl (C=O) groups excluding carboxylic acids is 1. The predicted molar refractivity (Wildman–Crippen MR) is 99.0 cm³/mol. The fourth-order valence-electron chi connectivity index (χ4n) is 3.14. The third kappa shape index (κ3) is 4.73. The van der Waals surface area contributed by atoms with Crippen molar-refractivity contribution in [1.29, 1.82) is 0 Å². The molecule has 1 aliphatic heterocycles. The number of nitrogens with one attached hydrogen (secondary N) is 2. The molecule has 0 radical (unpaired) electrons. The summed E-state index contributed by atoms with van der Waals surface area (Å²) in [5.74, 6) is 0.474. The van der Waals surface area contributed by atoms with Gasteiger partial charge in [-0.3, -0.25) is 0 Å². The Morgan fingerprint density at radius 3 is 2.54 bits per heavy atom. The smallest absolute Gasteiger partial charge is 0.322 e. The van der Waals surface area contributed by atoms with E-state index in [1.54, 1.807) is 0 Å². The van der Waals surface area contributed by atoms with Crippen LogP contribution in [0.3, 0.4) is 0 Å². The van der Waals surface area contributed by atoms with Crippen molar-refractivity contribution in [2.45, 2.75) is 13.5 Å². The van der Waals surface area contributed by atoms with Crippen LogP contribution in [0.4, 0.5) is 14.9 Å². The average Bonchev–Trinajstić information content (AvgIpc) is 2.66. The molecule has 2 aromatic carbocycles. The number of amides is 2. The lowest BCUT2D eigenvalue weighted by atomic mass is 10.2. The van der Waals surface area contributed by atoms with E-state index in [-0.39, 0.29) is 11.8 Å². The van der Waals surface area contributed by atoms with E-state index < -0.39 is 0 Å². The summed E-state index contributed by atoms with van der Waals surface area (Å²) in [7, 11) is 0. The molecule has 0 spiro atoms. The van der Waals surface area contributed by atoms with E-state index in [1.165, 1.54) is 17.0 Å². The molecule has 3 rings (SSSR count). The predicted octanol–water partition coefficient (Wildman–Crippen LogP) is 2.16. The Morgan fingerprint density at radius 1 is 1.15 bits per heavy atom. The quantitative estimate of drug-likeness (QED) is 0.860. The van der Waals surface area contributed by atoms with Crippen LogP contribution in [0.2, 0.25) is 0 Å². The van der Waals surface area contributed by atoms with Crippen LogP contribution in [-0.2, 0) is 6.54 Å². The van der Waals surface area contributed by atoms with Gasteiger partial charge in [0, 0.05) is 5.56 Å². The summed E-state index contributed by atoms with van der Waals surface area (Å²) in [6.07, 6.45) is 0. The summed E-state index contributed by atoms with van der Waals surface area (Å²) >= 11 is 0. The first-order chi connectivity index (χ1) is 12.7. The Bertz CT molecular complexity index is 728. The molecule has 138 valence electrons. The van der Waals surface area contributed by atoms with Crippen molar-refractivity contribution in [3.8, 4) is 5.75 Å². The van der Waals surface area contributed by atoms with Gasteiger partial charge in [-0.25, -0.2) is 9.18 Å². The highest BCUT2D eigenvalue weighted by atomic mass is 19.1. The minimum Gasteiger partial charge on any atom is -0.492 e. The van der Waals surface area contributed by atoms with Gasteiger partial charge >= 0.3 is 6.03 Å². The number of piperazine rings is 1. The first-order valence-electron chi connectivity index (χ1n) is 9.01. The molecule has 26 heavy (non-hydrogen) atoms. The molecule has 1 fully saturated rings. The van der Waals surface area contributed by atoms with Crippen LogP contribution in [-0.4, -0.2) is 43.7 Å². The van der Waals surface area contributed by atoms with Gasteiger partial charge in [-0.2, -0.15) is 0 Å². The van der Waals surface area contributed by atoms with Gasteiger partial charge in [0.2, 0.25) is 0 Å². The summed E-state index contributed by atoms with van der Waals surface area (Å²) < 4.78 is 18.5. The van der Waals surface area contributed by atoms with E-state index in [2.05, 4.69) is 5.32 Å². The van der Waals surface area contributed by atoms with Gasteiger partial charge in [0.1, 0.15) is 18.1 Å². The van der Waals surface area contributed by atoms with Crippen molar-refractivity contribution >= 4 is 11.7 Å². The third-order valence-corrected chi connectivity index (χ3v) is 4.55. The van der Waals surface area contributed by atoms with Crippen molar-refractivity contribution in [2.24, 2.45) is 0 Å². The summed E-state index contributed by atoms with van der Waals surface area (Å²) in [4.78, 5) is 15.8. The molecule has 5 nitrogen and oxygen atoms in total. The Kier molecular flexibility index (Phi) is 6.07. The van der Waals surface area contributed by atoms with Gasteiger partial charge in [0.05, 0.1) is 38.5 Å². The molecule has 0 bridgehead atoms. The van der Waals surface area contributed by atoms with Gasteiger partial charge in [-0.05, 0) is 31.2 Å². The third-order valence-electron chi connectivity index (χ3n) is 4.55. The molecule has 1 heterocycles. The minimum atomic E-state index is -0.211. The number of quaternary nitrogens is 1. The highest BCUT2D eigenvalue weighted by Crippen LogP contribution is 2.23. The summed E-state index contributed by atoms with van der Waals surface area (Å²) in [6, 6.07) is 14.0. The van der Waals surface area contributed by atoms with Crippen LogP contribution in [0.5, 0.6) is 5.75 Å². The van der Waals surface area contributed by atoms with Crippen molar-refractivity contribution < 1.29 is 18.8 Å². The molecule has 2 aromatic rings. The first-order valence-corrected chi connectivity index (χ1v) is 9.01. The van der Waals surface area contributed by atoms with Crippen LogP contribution >= 0.6 is 0 Å². The number of carbonyl (C=O) groups is 1. The lowest BCUT2D eigenvalue weighted by Gasteiger charge is -2.32. The van der Waals surface area contributed by atoms with Gasteiger partial charge in [0.15, 0.2) is 0 Å². The van der Waals surface area contributed by atoms with Crippen molar-refractivity contribution in [3.63, 3.8) is 0 Å². The van der Waals surface area contributed by atoms with Crippen LogP contribution in [0.15, 0.2) is 48.5 Å². The first kappa shape index (κ1) is 18.2. The van der Waals surface area contributed by atoms with Crippen molar-refractivity contribution in [2.75, 3.05) is 38.1 Å². The molecular formula is C20H25FN3O2+. The number of para-hydroxylation sites is 2. The molecule has 0 atom stereocenters. The van der Waals surface area contributed by atoms with Gasteiger partial charge in [0.25, 0.3) is 0 Å². The topological polar surface area (TPSA) is 46.0 Å². The van der Waals surface area contributed by atoms with Gasteiger partial charge < -0.3 is 19.9 Å². The number of ether oxygens (including phenoxy) is 1. The van der Waals surface area contributed by atoms with E-state index in [0.717, 1.165) is 25.2 Å². The van der Waals surface area contributed by atoms with E-state index in [1.807, 2.05) is 48.2 Å². The highest BCUT2D eigenvalue weighted by Gasteiger charge is 2.24. The fourth-order valence-corrected chi connectivity index (χ4v) is 3.14. The summed E-state index contributed by atoms with van der Waals surface area (Å²) in [6.45, 7) is 6.46. The largest absolute Gasteiger partial charge is 0.492 e. The number of hydrogen-bond acceptors (Lipinski definition) is 2. The Hall–Kier alpha value is -2.60. The number of rotatable bonds is 5. The highest BCUT2D eigenvalue weighted by molar-refractivity contribution is 5.91. The van der Waals surface area contributed by atoms with Crippen LogP contribution in [0, 0.1) is 5.82 Å². The standard InChI is InChI=1S/C20H24FN3O2/c1-2-26-19-6-4-3-5-18(19)22-20(25)24-13-11-23(12-14-24)15-16-7-9-17(21)10-8-16/h3-10H,2,11-15H2,1H3,(H,22,25)/p+1. The van der Waals surface area contributed by atoms with Gasteiger partial charge in [-0.1, -0.05) is 24.3 Å². The van der Waals surface area contributed by atoms with Crippen LogP contribution in [0.1, 0.15) is 12.5 Å². The number of halogens is 1. The lowest BCUT2D eigenvalue weighted by molar-refractivity contribution is -0.917. The molecule has 1 aliphatic rings. The maximum atomic E-state index is 13.0. The molecule has 6 heteroatoms. The summed E-state index contributed by atoms with van der Waals surface area (Å²) in [5.41, 5.74) is 1.81. The minimum absolute atomic E-state index is 0.0991. The zero-order valence-electron chi connectivity index (χ0n) is 15.0. The number of hydrogen-bond donors (Lipinski definition) is 2. The molecule has 1 saturated heterocycles. The number of anilines is 1. The number of nitrogens with zero attached hydrogens (tertiary/aromatic N) is 1. The fraction of sp³-hybridized carbons (Fsp3) is 0.350. The van der Waals surface area contributed by atoms with E-state index in [9.17, 15) is 9.18 Å². The monoisotopic (exact) mass is 358 g/mol. The molecule has 0 aromatic heterocycles. The molecule has 2 N–H and O–H groups in total. The lowest BCUT2D eigenvalue weighted by Crippen LogP contribution is -3.13. The second-order valence-electron chi connectivity index (χ2n) is 6.40. The average molecular weight is 358 g/mol. The molecule has 0 saturated carbocycles. The molecular weight excluding hydrogens is 333 g/mol. The molecule has 0 unspecified atom stereocenters. The Balaban J connectivity index is 1.51. The van der Waals surface area contributed by atoms with Crippen molar-refractivity contribution in [1.82, 2.24) is 4.90 Å². The van der Waals surface area contributed by atoms with E-state index in [0.29, 0.717) is 31.1 Å². The van der Waals surface area contributed by atoms with E-state index >= 15 is 0 Å².